The second-order valence-electron chi connectivity index (χ2n) is 4.35. The normalized spacial score (nSPS) is 10.3. The maximum absolute atomic E-state index is 11.8. The Hall–Kier alpha value is -2.30. The van der Waals surface area contributed by atoms with Gasteiger partial charge in [-0.05, 0) is 32.0 Å². The zero-order chi connectivity index (χ0) is 13.1. The van der Waals surface area contributed by atoms with Crippen molar-refractivity contribution in [2.75, 3.05) is 17.6 Å². The Bertz CT molecular complexity index is 654. The SMILES string of the molecule is CC(C)=CCNc1nc2ccc(N)cc2c(=O)[nH]1. The lowest BCUT2D eigenvalue weighted by Gasteiger charge is -2.04. The average molecular weight is 244 g/mol. The van der Waals surface area contributed by atoms with Gasteiger partial charge < -0.3 is 11.1 Å². The molecule has 94 valence electrons. The number of nitrogen functional groups attached to an aromatic ring is 1. The number of nitrogens with zero attached hydrogens (tertiary/aromatic N) is 1. The van der Waals surface area contributed by atoms with Crippen molar-refractivity contribution in [3.8, 4) is 0 Å². The Morgan fingerprint density at radius 2 is 2.28 bits per heavy atom. The number of anilines is 2. The molecular formula is C13H16N4O. The van der Waals surface area contributed by atoms with Crippen LogP contribution >= 0.6 is 0 Å². The van der Waals surface area contributed by atoms with Crippen LogP contribution in [0.25, 0.3) is 10.9 Å². The lowest BCUT2D eigenvalue weighted by Crippen LogP contribution is -2.13. The molecule has 2 rings (SSSR count). The van der Waals surface area contributed by atoms with E-state index in [-0.39, 0.29) is 5.56 Å². The third kappa shape index (κ3) is 2.68. The first-order valence-corrected chi connectivity index (χ1v) is 5.73. The fourth-order valence-corrected chi connectivity index (χ4v) is 1.59. The molecule has 0 spiro atoms. The minimum absolute atomic E-state index is 0.188. The van der Waals surface area contributed by atoms with Crippen LogP contribution in [0.2, 0.25) is 0 Å². The van der Waals surface area contributed by atoms with Crippen LogP contribution in [0.4, 0.5) is 11.6 Å². The van der Waals surface area contributed by atoms with Crippen molar-refractivity contribution < 1.29 is 0 Å². The summed E-state index contributed by atoms with van der Waals surface area (Å²) in [5.74, 6) is 0.467. The van der Waals surface area contributed by atoms with Crippen LogP contribution in [0.5, 0.6) is 0 Å². The standard InChI is InChI=1S/C13H16N4O/c1-8(2)5-6-15-13-16-11-4-3-9(14)7-10(11)12(18)17-13/h3-5,7H,6,14H2,1-2H3,(H2,15,16,17,18). The van der Waals surface area contributed by atoms with Gasteiger partial charge in [0.1, 0.15) is 0 Å². The number of allylic oxidation sites excluding steroid dienone is 1. The number of H-pyrrole nitrogens is 1. The van der Waals surface area contributed by atoms with Crippen molar-refractivity contribution in [3.05, 3.63) is 40.2 Å². The zero-order valence-corrected chi connectivity index (χ0v) is 10.4. The van der Waals surface area contributed by atoms with Gasteiger partial charge in [-0.25, -0.2) is 4.98 Å². The minimum Gasteiger partial charge on any atom is -0.399 e. The van der Waals surface area contributed by atoms with E-state index in [1.807, 2.05) is 19.9 Å². The second kappa shape index (κ2) is 4.91. The van der Waals surface area contributed by atoms with Gasteiger partial charge in [-0.1, -0.05) is 11.6 Å². The summed E-state index contributed by atoms with van der Waals surface area (Å²) < 4.78 is 0. The van der Waals surface area contributed by atoms with Crippen LogP contribution < -0.4 is 16.6 Å². The van der Waals surface area contributed by atoms with Gasteiger partial charge in [-0.15, -0.1) is 0 Å². The summed E-state index contributed by atoms with van der Waals surface area (Å²) in [6.45, 7) is 4.66. The quantitative estimate of drug-likeness (QED) is 0.568. The predicted molar refractivity (Wildman–Crippen MR) is 74.7 cm³/mol. The first kappa shape index (κ1) is 12.2. The summed E-state index contributed by atoms with van der Waals surface area (Å²) in [6, 6.07) is 5.10. The molecule has 1 aromatic carbocycles. The van der Waals surface area contributed by atoms with E-state index in [1.54, 1.807) is 18.2 Å². The van der Waals surface area contributed by atoms with Gasteiger partial charge in [0.05, 0.1) is 10.9 Å². The predicted octanol–water partition coefficient (Wildman–Crippen LogP) is 1.88. The van der Waals surface area contributed by atoms with E-state index in [0.717, 1.165) is 0 Å². The van der Waals surface area contributed by atoms with E-state index in [2.05, 4.69) is 15.3 Å². The number of nitrogens with two attached hydrogens (primary N) is 1. The fraction of sp³-hybridized carbons (Fsp3) is 0.231. The number of aromatic nitrogens is 2. The molecule has 0 atom stereocenters. The molecule has 0 bridgehead atoms. The van der Waals surface area contributed by atoms with Gasteiger partial charge in [0.2, 0.25) is 5.95 Å². The van der Waals surface area contributed by atoms with Crippen molar-refractivity contribution in [1.29, 1.82) is 0 Å². The molecule has 0 amide bonds. The number of aromatic amines is 1. The Balaban J connectivity index is 2.35. The lowest BCUT2D eigenvalue weighted by atomic mass is 10.2. The van der Waals surface area contributed by atoms with E-state index in [0.29, 0.717) is 29.1 Å². The third-order valence-corrected chi connectivity index (χ3v) is 2.51. The van der Waals surface area contributed by atoms with Crippen molar-refractivity contribution in [2.45, 2.75) is 13.8 Å². The van der Waals surface area contributed by atoms with Crippen molar-refractivity contribution >= 4 is 22.5 Å². The molecule has 4 N–H and O–H groups in total. The number of nitrogens with one attached hydrogen (secondary N) is 2. The summed E-state index contributed by atoms with van der Waals surface area (Å²) in [5, 5.41) is 3.55. The lowest BCUT2D eigenvalue weighted by molar-refractivity contribution is 1.12. The van der Waals surface area contributed by atoms with Gasteiger partial charge in [-0.3, -0.25) is 9.78 Å². The van der Waals surface area contributed by atoms with Crippen molar-refractivity contribution in [2.24, 2.45) is 0 Å². The molecule has 0 saturated heterocycles. The molecule has 5 nitrogen and oxygen atoms in total. The number of fused-ring (bicyclic) bond motifs is 1. The second-order valence-corrected chi connectivity index (χ2v) is 4.35. The Morgan fingerprint density at radius 1 is 1.50 bits per heavy atom. The van der Waals surface area contributed by atoms with Crippen LogP contribution in [0.1, 0.15) is 13.8 Å². The van der Waals surface area contributed by atoms with Crippen LogP contribution in [0.3, 0.4) is 0 Å². The Morgan fingerprint density at radius 3 is 3.00 bits per heavy atom. The molecule has 5 heteroatoms. The van der Waals surface area contributed by atoms with E-state index in [4.69, 9.17) is 5.73 Å². The molecule has 0 aliphatic rings. The van der Waals surface area contributed by atoms with Crippen LogP contribution in [-0.4, -0.2) is 16.5 Å². The minimum atomic E-state index is -0.188. The molecule has 2 aromatic rings. The topological polar surface area (TPSA) is 83.8 Å². The summed E-state index contributed by atoms with van der Waals surface area (Å²) >= 11 is 0. The van der Waals surface area contributed by atoms with Crippen molar-refractivity contribution in [3.63, 3.8) is 0 Å². The monoisotopic (exact) mass is 244 g/mol. The summed E-state index contributed by atoms with van der Waals surface area (Å²) in [5.41, 5.74) is 7.85. The van der Waals surface area contributed by atoms with Crippen LogP contribution in [0.15, 0.2) is 34.6 Å². The van der Waals surface area contributed by atoms with Crippen LogP contribution in [-0.2, 0) is 0 Å². The highest BCUT2D eigenvalue weighted by Gasteiger charge is 2.03. The number of rotatable bonds is 3. The molecule has 0 aliphatic heterocycles. The maximum atomic E-state index is 11.8. The molecule has 0 radical (unpaired) electrons. The molecule has 1 aromatic heterocycles. The number of benzene rings is 1. The summed E-state index contributed by atoms with van der Waals surface area (Å²) in [6.07, 6.45) is 2.02. The Kier molecular flexibility index (Phi) is 3.32. The molecular weight excluding hydrogens is 228 g/mol. The van der Waals surface area contributed by atoms with Gasteiger partial charge in [0.25, 0.3) is 5.56 Å². The summed E-state index contributed by atoms with van der Waals surface area (Å²) in [7, 11) is 0. The van der Waals surface area contributed by atoms with E-state index >= 15 is 0 Å². The van der Waals surface area contributed by atoms with Crippen LogP contribution in [0, 0.1) is 0 Å². The van der Waals surface area contributed by atoms with E-state index in [1.165, 1.54) is 5.57 Å². The maximum Gasteiger partial charge on any atom is 0.260 e. The average Bonchev–Trinajstić information content (AvgIpc) is 2.30. The highest BCUT2D eigenvalue weighted by molar-refractivity contribution is 5.81. The van der Waals surface area contributed by atoms with Crippen molar-refractivity contribution in [1.82, 2.24) is 9.97 Å². The Labute approximate surface area is 105 Å². The summed E-state index contributed by atoms with van der Waals surface area (Å²) in [4.78, 5) is 18.9. The zero-order valence-electron chi connectivity index (χ0n) is 10.4. The van der Waals surface area contributed by atoms with Gasteiger partial charge in [0, 0.05) is 12.2 Å². The van der Waals surface area contributed by atoms with Gasteiger partial charge in [0.15, 0.2) is 0 Å². The highest BCUT2D eigenvalue weighted by Crippen LogP contribution is 2.12. The highest BCUT2D eigenvalue weighted by atomic mass is 16.1. The third-order valence-electron chi connectivity index (χ3n) is 2.51. The van der Waals surface area contributed by atoms with Gasteiger partial charge >= 0.3 is 0 Å². The van der Waals surface area contributed by atoms with E-state index < -0.39 is 0 Å². The van der Waals surface area contributed by atoms with E-state index in [9.17, 15) is 4.79 Å². The first-order chi connectivity index (χ1) is 8.56. The largest absolute Gasteiger partial charge is 0.399 e. The molecule has 0 saturated carbocycles. The van der Waals surface area contributed by atoms with Gasteiger partial charge in [-0.2, -0.15) is 0 Å². The molecule has 0 unspecified atom stereocenters. The number of hydrogen-bond donors (Lipinski definition) is 3. The molecule has 18 heavy (non-hydrogen) atoms. The first-order valence-electron chi connectivity index (χ1n) is 5.73. The fourth-order valence-electron chi connectivity index (χ4n) is 1.59. The smallest absolute Gasteiger partial charge is 0.260 e. The molecule has 0 aliphatic carbocycles. The molecule has 1 heterocycles. The number of hydrogen-bond acceptors (Lipinski definition) is 4. The molecule has 0 fully saturated rings.